The lowest BCUT2D eigenvalue weighted by Gasteiger charge is -2.24. The van der Waals surface area contributed by atoms with E-state index in [-0.39, 0.29) is 6.16 Å². The van der Waals surface area contributed by atoms with Crippen LogP contribution in [0.4, 0.5) is 0 Å². The van der Waals surface area contributed by atoms with Crippen molar-refractivity contribution < 1.29 is 19.1 Å². The van der Waals surface area contributed by atoms with Crippen molar-refractivity contribution in [1.82, 2.24) is 0 Å². The summed E-state index contributed by atoms with van der Waals surface area (Å²) in [6.07, 6.45) is 3.64. The Kier molecular flexibility index (Phi) is 8.11. The van der Waals surface area contributed by atoms with Gasteiger partial charge in [0.1, 0.15) is 11.5 Å². The van der Waals surface area contributed by atoms with Crippen molar-refractivity contribution in [3.05, 3.63) is 58.6 Å². The van der Waals surface area contributed by atoms with Gasteiger partial charge in [-0.2, -0.15) is 0 Å². The standard InChI is InChI=1S/C21H29ClNO4P/c1-3-6-16-7-4-9-18(13-16)27-19-11-10-17(20(22)14-19)8-5-12-21(2,23)15-28(24,25)26/h4,7,9-11,13-14H,3,5-6,8,12,15,23H2,1-2H3,(H2,24,25,26)/t21-/m1/s1. The average Bonchev–Trinajstić information content (AvgIpc) is 2.55. The van der Waals surface area contributed by atoms with Crippen LogP contribution in [0.1, 0.15) is 44.2 Å². The number of ether oxygens (including phenoxy) is 1. The first-order chi connectivity index (χ1) is 13.1. The van der Waals surface area contributed by atoms with E-state index >= 15 is 0 Å². The molecule has 1 atom stereocenters. The largest absolute Gasteiger partial charge is 0.457 e. The topological polar surface area (TPSA) is 92.8 Å². The number of halogens is 1. The second-order valence-electron chi connectivity index (χ2n) is 7.58. The van der Waals surface area contributed by atoms with E-state index in [0.717, 1.165) is 24.2 Å². The molecule has 0 bridgehead atoms. The monoisotopic (exact) mass is 425 g/mol. The fourth-order valence-corrected chi connectivity index (χ4v) is 4.58. The summed E-state index contributed by atoms with van der Waals surface area (Å²) >= 11 is 6.40. The summed E-state index contributed by atoms with van der Waals surface area (Å²) in [4.78, 5) is 18.2. The van der Waals surface area contributed by atoms with Gasteiger partial charge in [0.2, 0.25) is 0 Å². The number of hydrogen-bond donors (Lipinski definition) is 3. The Morgan fingerprint density at radius 3 is 2.50 bits per heavy atom. The van der Waals surface area contributed by atoms with Crippen LogP contribution in [0.5, 0.6) is 11.5 Å². The fourth-order valence-electron chi connectivity index (χ4n) is 3.22. The summed E-state index contributed by atoms with van der Waals surface area (Å²) in [7, 11) is -4.12. The third kappa shape index (κ3) is 7.94. The highest BCUT2D eigenvalue weighted by molar-refractivity contribution is 7.51. The zero-order chi connectivity index (χ0) is 20.8. The molecule has 0 radical (unpaired) electrons. The number of rotatable bonds is 10. The van der Waals surface area contributed by atoms with Crippen molar-refractivity contribution in [1.29, 1.82) is 0 Å². The van der Waals surface area contributed by atoms with E-state index in [0.29, 0.717) is 30.0 Å². The van der Waals surface area contributed by atoms with Crippen molar-refractivity contribution in [3.8, 4) is 11.5 Å². The van der Waals surface area contributed by atoms with Crippen molar-refractivity contribution in [2.45, 2.75) is 51.5 Å². The Balaban J connectivity index is 1.95. The minimum atomic E-state index is -4.12. The predicted octanol–water partition coefficient (Wildman–Crippen LogP) is 5.30. The highest BCUT2D eigenvalue weighted by atomic mass is 35.5. The number of benzene rings is 2. The molecule has 0 saturated heterocycles. The summed E-state index contributed by atoms with van der Waals surface area (Å²) in [6.45, 7) is 3.81. The minimum Gasteiger partial charge on any atom is -0.457 e. The molecule has 2 aromatic carbocycles. The second kappa shape index (κ2) is 9.91. The molecule has 0 spiro atoms. The van der Waals surface area contributed by atoms with Crippen molar-refractivity contribution in [2.75, 3.05) is 6.16 Å². The molecular formula is C21H29ClNO4P. The molecule has 0 aliphatic heterocycles. The lowest BCUT2D eigenvalue weighted by atomic mass is 9.96. The molecule has 2 aromatic rings. The van der Waals surface area contributed by atoms with Crippen LogP contribution >= 0.6 is 19.2 Å². The van der Waals surface area contributed by atoms with Crippen LogP contribution < -0.4 is 10.5 Å². The van der Waals surface area contributed by atoms with E-state index in [1.54, 1.807) is 13.0 Å². The van der Waals surface area contributed by atoms with Crippen LogP contribution in [0, 0.1) is 0 Å². The Labute approximate surface area is 172 Å². The molecular weight excluding hydrogens is 397 g/mol. The van der Waals surface area contributed by atoms with Gasteiger partial charge in [-0.3, -0.25) is 4.57 Å². The number of hydrogen-bond acceptors (Lipinski definition) is 3. The third-order valence-electron chi connectivity index (χ3n) is 4.46. The number of aryl methyl sites for hydroxylation is 2. The van der Waals surface area contributed by atoms with Crippen LogP contribution in [0.25, 0.3) is 0 Å². The smallest absolute Gasteiger partial charge is 0.327 e. The van der Waals surface area contributed by atoms with Crippen LogP contribution in [0.2, 0.25) is 5.02 Å². The summed E-state index contributed by atoms with van der Waals surface area (Å²) in [5.41, 5.74) is 7.30. The third-order valence-corrected chi connectivity index (χ3v) is 5.94. The average molecular weight is 426 g/mol. The van der Waals surface area contributed by atoms with Gasteiger partial charge >= 0.3 is 7.60 Å². The van der Waals surface area contributed by atoms with Crippen molar-refractivity contribution in [2.24, 2.45) is 5.73 Å². The van der Waals surface area contributed by atoms with Gasteiger partial charge in [-0.25, -0.2) is 0 Å². The maximum Gasteiger partial charge on any atom is 0.327 e. The molecule has 5 nitrogen and oxygen atoms in total. The Morgan fingerprint density at radius 2 is 1.86 bits per heavy atom. The molecule has 0 saturated carbocycles. The Morgan fingerprint density at radius 1 is 1.14 bits per heavy atom. The molecule has 0 aromatic heterocycles. The van der Waals surface area contributed by atoms with E-state index in [1.165, 1.54) is 5.56 Å². The molecule has 0 heterocycles. The summed E-state index contributed by atoms with van der Waals surface area (Å²) in [5.74, 6) is 1.46. The molecule has 0 aliphatic rings. The fraction of sp³-hybridized carbons (Fsp3) is 0.429. The van der Waals surface area contributed by atoms with Crippen LogP contribution in [0.3, 0.4) is 0 Å². The Bertz CT molecular complexity index is 835. The lowest BCUT2D eigenvalue weighted by Crippen LogP contribution is -2.40. The zero-order valence-corrected chi connectivity index (χ0v) is 18.0. The number of nitrogens with two attached hydrogens (primary N) is 1. The molecule has 7 heteroatoms. The van der Waals surface area contributed by atoms with Gasteiger partial charge in [-0.1, -0.05) is 43.1 Å². The molecule has 0 fully saturated rings. The van der Waals surface area contributed by atoms with Crippen molar-refractivity contribution in [3.63, 3.8) is 0 Å². The van der Waals surface area contributed by atoms with E-state index in [2.05, 4.69) is 13.0 Å². The SMILES string of the molecule is CCCc1cccc(Oc2ccc(CCC[C@@](C)(N)CP(=O)(O)O)c(Cl)c2)c1. The summed E-state index contributed by atoms with van der Waals surface area (Å²) in [5, 5.41) is 0.607. The molecule has 0 aliphatic carbocycles. The van der Waals surface area contributed by atoms with Gasteiger partial charge in [0.25, 0.3) is 0 Å². The summed E-state index contributed by atoms with van der Waals surface area (Å²) in [6, 6.07) is 13.6. The maximum atomic E-state index is 11.2. The molecule has 2 rings (SSSR count). The molecule has 4 N–H and O–H groups in total. The van der Waals surface area contributed by atoms with Crippen molar-refractivity contribution >= 4 is 19.2 Å². The summed E-state index contributed by atoms with van der Waals surface area (Å²) < 4.78 is 17.1. The first-order valence-corrected chi connectivity index (χ1v) is 11.6. The first-order valence-electron chi connectivity index (χ1n) is 9.47. The minimum absolute atomic E-state index is 0.322. The van der Waals surface area contributed by atoms with Crippen LogP contribution in [-0.4, -0.2) is 21.5 Å². The highest BCUT2D eigenvalue weighted by Gasteiger charge is 2.28. The first kappa shape index (κ1) is 22.9. The maximum absolute atomic E-state index is 11.2. The van der Waals surface area contributed by atoms with E-state index in [9.17, 15) is 4.57 Å². The van der Waals surface area contributed by atoms with E-state index in [1.807, 2.05) is 30.3 Å². The predicted molar refractivity (Wildman–Crippen MR) is 114 cm³/mol. The van der Waals surface area contributed by atoms with E-state index < -0.39 is 13.1 Å². The molecule has 28 heavy (non-hydrogen) atoms. The van der Waals surface area contributed by atoms with Crippen LogP contribution in [-0.2, 0) is 17.4 Å². The molecule has 154 valence electrons. The lowest BCUT2D eigenvalue weighted by molar-refractivity contribution is 0.348. The van der Waals surface area contributed by atoms with Gasteiger partial charge in [-0.15, -0.1) is 0 Å². The van der Waals surface area contributed by atoms with Gasteiger partial charge < -0.3 is 20.3 Å². The van der Waals surface area contributed by atoms with Crippen LogP contribution in [0.15, 0.2) is 42.5 Å². The quantitative estimate of drug-likeness (QED) is 0.449. The van der Waals surface area contributed by atoms with Gasteiger partial charge in [0.15, 0.2) is 0 Å². The van der Waals surface area contributed by atoms with E-state index in [4.69, 9.17) is 31.9 Å². The zero-order valence-electron chi connectivity index (χ0n) is 16.4. The second-order valence-corrected chi connectivity index (χ2v) is 9.64. The van der Waals surface area contributed by atoms with Gasteiger partial charge in [0.05, 0.1) is 6.16 Å². The van der Waals surface area contributed by atoms with Gasteiger partial charge in [0, 0.05) is 10.6 Å². The molecule has 0 amide bonds. The Hall–Kier alpha value is -1.36. The normalized spacial score (nSPS) is 13.9. The molecule has 0 unspecified atom stereocenters. The highest BCUT2D eigenvalue weighted by Crippen LogP contribution is 2.39. The van der Waals surface area contributed by atoms with Gasteiger partial charge in [-0.05, 0) is 68.0 Å².